The highest BCUT2D eigenvalue weighted by Gasteiger charge is 2.09. The van der Waals surface area contributed by atoms with E-state index >= 15 is 0 Å². The van der Waals surface area contributed by atoms with Crippen LogP contribution < -0.4 is 10.5 Å². The molecule has 1 aromatic carbocycles. The third kappa shape index (κ3) is 6.08. The molecule has 0 saturated carbocycles. The number of halogens is 1. The minimum atomic E-state index is 0.230. The number of carbonyl (C=O) groups is 1. The van der Waals surface area contributed by atoms with Crippen LogP contribution >= 0.6 is 11.6 Å². The monoisotopic (exact) mass is 283 g/mol. The van der Waals surface area contributed by atoms with Gasteiger partial charge in [0.1, 0.15) is 11.5 Å². The molecule has 3 nitrogen and oxygen atoms in total. The van der Waals surface area contributed by atoms with Crippen LogP contribution in [0.1, 0.15) is 37.7 Å². The number of nitrogens with two attached hydrogens (primary N) is 1. The largest absolute Gasteiger partial charge is 0.496 e. The second kappa shape index (κ2) is 8.94. The SMILES string of the molecule is COc1ccc(Cl)cc1CC(=O)CCCCCCN. The molecular weight excluding hydrogens is 262 g/mol. The minimum Gasteiger partial charge on any atom is -0.496 e. The lowest BCUT2D eigenvalue weighted by atomic mass is 10.0. The molecule has 1 aromatic rings. The van der Waals surface area contributed by atoms with Gasteiger partial charge in [0.25, 0.3) is 0 Å². The van der Waals surface area contributed by atoms with Crippen LogP contribution in [0, 0.1) is 0 Å². The summed E-state index contributed by atoms with van der Waals surface area (Å²) in [6, 6.07) is 5.36. The van der Waals surface area contributed by atoms with Crippen molar-refractivity contribution in [2.75, 3.05) is 13.7 Å². The molecule has 2 N–H and O–H groups in total. The lowest BCUT2D eigenvalue weighted by Gasteiger charge is -2.08. The van der Waals surface area contributed by atoms with E-state index in [0.29, 0.717) is 17.9 Å². The Balaban J connectivity index is 2.41. The molecule has 0 aliphatic rings. The van der Waals surface area contributed by atoms with E-state index in [1.54, 1.807) is 25.3 Å². The number of carbonyl (C=O) groups excluding carboxylic acids is 1. The summed E-state index contributed by atoms with van der Waals surface area (Å²) in [7, 11) is 1.60. The summed E-state index contributed by atoms with van der Waals surface area (Å²) in [5, 5.41) is 0.631. The zero-order chi connectivity index (χ0) is 14.1. The molecule has 0 spiro atoms. The van der Waals surface area contributed by atoms with Crippen molar-refractivity contribution in [3.63, 3.8) is 0 Å². The molecular formula is C15H22ClNO2. The Bertz CT molecular complexity index is 407. The Labute approximate surface area is 120 Å². The number of ether oxygens (including phenoxy) is 1. The van der Waals surface area contributed by atoms with E-state index in [-0.39, 0.29) is 5.78 Å². The van der Waals surface area contributed by atoms with Crippen molar-refractivity contribution in [1.82, 2.24) is 0 Å². The van der Waals surface area contributed by atoms with Crippen LogP contribution in [0.5, 0.6) is 5.75 Å². The average molecular weight is 284 g/mol. The van der Waals surface area contributed by atoms with Crippen molar-refractivity contribution in [3.8, 4) is 5.75 Å². The van der Waals surface area contributed by atoms with Gasteiger partial charge in [0, 0.05) is 23.4 Å². The summed E-state index contributed by atoms with van der Waals surface area (Å²) in [5.41, 5.74) is 6.29. The van der Waals surface area contributed by atoms with Crippen LogP contribution in [0.3, 0.4) is 0 Å². The van der Waals surface area contributed by atoms with Crippen LogP contribution in [-0.4, -0.2) is 19.4 Å². The van der Waals surface area contributed by atoms with Crippen LogP contribution in [0.2, 0.25) is 5.02 Å². The summed E-state index contributed by atoms with van der Waals surface area (Å²) >= 11 is 5.94. The fourth-order valence-corrected chi connectivity index (χ4v) is 2.20. The summed E-state index contributed by atoms with van der Waals surface area (Å²) in [6.07, 6.45) is 5.14. The first kappa shape index (κ1) is 16.0. The van der Waals surface area contributed by atoms with E-state index in [1.807, 2.05) is 0 Å². The van der Waals surface area contributed by atoms with Gasteiger partial charge in [-0.1, -0.05) is 24.4 Å². The van der Waals surface area contributed by atoms with E-state index in [0.717, 1.165) is 43.5 Å². The van der Waals surface area contributed by atoms with Gasteiger partial charge in [0.05, 0.1) is 7.11 Å². The molecule has 4 heteroatoms. The average Bonchev–Trinajstić information content (AvgIpc) is 2.39. The van der Waals surface area contributed by atoms with Gasteiger partial charge in [0.15, 0.2) is 0 Å². The van der Waals surface area contributed by atoms with E-state index < -0.39 is 0 Å². The van der Waals surface area contributed by atoms with Crippen LogP contribution in [0.15, 0.2) is 18.2 Å². The molecule has 1 rings (SSSR count). The Hall–Kier alpha value is -1.06. The highest BCUT2D eigenvalue weighted by atomic mass is 35.5. The molecule has 19 heavy (non-hydrogen) atoms. The predicted molar refractivity (Wildman–Crippen MR) is 78.9 cm³/mol. The molecule has 0 aliphatic carbocycles. The Kier molecular flexibility index (Phi) is 7.53. The van der Waals surface area contributed by atoms with E-state index in [1.165, 1.54) is 0 Å². The standard InChI is InChI=1S/C15H22ClNO2/c1-19-15-8-7-13(16)10-12(15)11-14(18)6-4-2-3-5-9-17/h7-8,10H,2-6,9,11,17H2,1H3. The smallest absolute Gasteiger partial charge is 0.137 e. The first-order chi connectivity index (χ1) is 9.17. The molecule has 0 radical (unpaired) electrons. The van der Waals surface area contributed by atoms with Crippen LogP contribution in [0.4, 0.5) is 0 Å². The predicted octanol–water partition coefficient (Wildman–Crippen LogP) is 3.37. The van der Waals surface area contributed by atoms with Gasteiger partial charge in [-0.3, -0.25) is 4.79 Å². The van der Waals surface area contributed by atoms with Gasteiger partial charge in [-0.15, -0.1) is 0 Å². The van der Waals surface area contributed by atoms with Gasteiger partial charge < -0.3 is 10.5 Å². The third-order valence-electron chi connectivity index (χ3n) is 3.04. The molecule has 0 amide bonds. The molecule has 106 valence electrons. The summed E-state index contributed by atoms with van der Waals surface area (Å²) < 4.78 is 5.23. The van der Waals surface area contributed by atoms with Crippen molar-refractivity contribution in [3.05, 3.63) is 28.8 Å². The summed E-state index contributed by atoms with van der Waals surface area (Å²) in [4.78, 5) is 11.9. The van der Waals surface area contributed by atoms with Gasteiger partial charge in [-0.05, 0) is 37.6 Å². The fourth-order valence-electron chi connectivity index (χ4n) is 2.01. The molecule has 0 fully saturated rings. The summed E-state index contributed by atoms with van der Waals surface area (Å²) in [5.74, 6) is 0.953. The lowest BCUT2D eigenvalue weighted by molar-refractivity contribution is -0.118. The second-order valence-corrected chi connectivity index (χ2v) is 5.06. The number of hydrogen-bond donors (Lipinski definition) is 1. The van der Waals surface area contributed by atoms with Crippen LogP contribution in [-0.2, 0) is 11.2 Å². The second-order valence-electron chi connectivity index (χ2n) is 4.62. The number of ketones is 1. The number of methoxy groups -OCH3 is 1. The maximum Gasteiger partial charge on any atom is 0.137 e. The lowest BCUT2D eigenvalue weighted by Crippen LogP contribution is -2.04. The van der Waals surface area contributed by atoms with E-state index in [4.69, 9.17) is 22.1 Å². The molecule has 0 aromatic heterocycles. The van der Waals surface area contributed by atoms with Crippen molar-refractivity contribution < 1.29 is 9.53 Å². The normalized spacial score (nSPS) is 10.5. The first-order valence-corrected chi connectivity index (χ1v) is 7.09. The molecule has 0 bridgehead atoms. The van der Waals surface area contributed by atoms with Gasteiger partial charge in [0.2, 0.25) is 0 Å². The molecule has 0 aliphatic heterocycles. The van der Waals surface area contributed by atoms with Crippen molar-refractivity contribution in [1.29, 1.82) is 0 Å². The van der Waals surface area contributed by atoms with Gasteiger partial charge >= 0.3 is 0 Å². The number of benzene rings is 1. The number of hydrogen-bond acceptors (Lipinski definition) is 3. The quantitative estimate of drug-likeness (QED) is 0.707. The number of rotatable bonds is 9. The maximum absolute atomic E-state index is 11.9. The minimum absolute atomic E-state index is 0.230. The van der Waals surface area contributed by atoms with Gasteiger partial charge in [-0.25, -0.2) is 0 Å². The molecule has 0 heterocycles. The summed E-state index contributed by atoms with van der Waals surface area (Å²) in [6.45, 7) is 0.730. The highest BCUT2D eigenvalue weighted by Crippen LogP contribution is 2.23. The maximum atomic E-state index is 11.9. The molecule has 0 unspecified atom stereocenters. The van der Waals surface area contributed by atoms with Crippen molar-refractivity contribution in [2.24, 2.45) is 5.73 Å². The zero-order valence-electron chi connectivity index (χ0n) is 11.5. The van der Waals surface area contributed by atoms with Gasteiger partial charge in [-0.2, -0.15) is 0 Å². The Morgan fingerprint density at radius 1 is 1.26 bits per heavy atom. The fraction of sp³-hybridized carbons (Fsp3) is 0.533. The zero-order valence-corrected chi connectivity index (χ0v) is 12.2. The Morgan fingerprint density at radius 2 is 2.00 bits per heavy atom. The van der Waals surface area contributed by atoms with Crippen molar-refractivity contribution >= 4 is 17.4 Å². The number of Topliss-reactive ketones (excluding diaryl/α,β-unsaturated/α-hetero) is 1. The molecule has 0 atom stereocenters. The number of unbranched alkanes of at least 4 members (excludes halogenated alkanes) is 3. The van der Waals surface area contributed by atoms with Crippen LogP contribution in [0.25, 0.3) is 0 Å². The first-order valence-electron chi connectivity index (χ1n) is 6.71. The van der Waals surface area contributed by atoms with Crippen molar-refractivity contribution in [2.45, 2.75) is 38.5 Å². The Morgan fingerprint density at radius 3 is 2.68 bits per heavy atom. The third-order valence-corrected chi connectivity index (χ3v) is 3.27. The van der Waals surface area contributed by atoms with E-state index in [2.05, 4.69) is 0 Å². The highest BCUT2D eigenvalue weighted by molar-refractivity contribution is 6.30. The topological polar surface area (TPSA) is 52.3 Å². The molecule has 0 saturated heterocycles. The van der Waals surface area contributed by atoms with E-state index in [9.17, 15) is 4.79 Å².